The summed E-state index contributed by atoms with van der Waals surface area (Å²) in [6, 6.07) is 0.427. The molecule has 1 aliphatic rings. The van der Waals surface area contributed by atoms with Crippen LogP contribution in [0.2, 0.25) is 0 Å². The lowest BCUT2D eigenvalue weighted by Gasteiger charge is -2.12. The number of alkyl halides is 1. The zero-order valence-corrected chi connectivity index (χ0v) is 8.70. The van der Waals surface area contributed by atoms with Crippen molar-refractivity contribution in [3.63, 3.8) is 0 Å². The molecule has 0 unspecified atom stereocenters. The van der Waals surface area contributed by atoms with Gasteiger partial charge in [-0.1, -0.05) is 5.16 Å². The zero-order chi connectivity index (χ0) is 11.5. The minimum Gasteiger partial charge on any atom is -0.376 e. The molecular weight excluding hydrogens is 217 g/mol. The SMILES string of the molecule is Cc1cc(NC(=O)N[C@@H]2COC[C@@H]2F)on1. The van der Waals surface area contributed by atoms with Crippen LogP contribution in [-0.2, 0) is 4.74 Å². The van der Waals surface area contributed by atoms with E-state index in [-0.39, 0.29) is 19.1 Å². The van der Waals surface area contributed by atoms with Crippen molar-refractivity contribution >= 4 is 11.9 Å². The molecule has 1 saturated heterocycles. The van der Waals surface area contributed by atoms with Crippen molar-refractivity contribution in [1.82, 2.24) is 10.5 Å². The van der Waals surface area contributed by atoms with Crippen LogP contribution in [0, 0.1) is 6.92 Å². The number of aryl methyl sites for hydroxylation is 1. The molecule has 1 aliphatic heterocycles. The number of nitrogens with zero attached hydrogens (tertiary/aromatic N) is 1. The van der Waals surface area contributed by atoms with Gasteiger partial charge in [-0.05, 0) is 6.92 Å². The van der Waals surface area contributed by atoms with E-state index in [0.29, 0.717) is 5.69 Å². The maximum absolute atomic E-state index is 13.1. The van der Waals surface area contributed by atoms with Crippen LogP contribution in [0.1, 0.15) is 5.69 Å². The molecule has 1 aromatic heterocycles. The second kappa shape index (κ2) is 4.48. The second-order valence-corrected chi connectivity index (χ2v) is 3.59. The van der Waals surface area contributed by atoms with E-state index in [9.17, 15) is 9.18 Å². The third kappa shape index (κ3) is 2.48. The summed E-state index contributed by atoms with van der Waals surface area (Å²) >= 11 is 0. The lowest BCUT2D eigenvalue weighted by molar-refractivity contribution is 0.172. The Balaban J connectivity index is 1.84. The van der Waals surface area contributed by atoms with Crippen molar-refractivity contribution in [3.05, 3.63) is 11.8 Å². The molecule has 0 saturated carbocycles. The molecular formula is C9H12FN3O3. The van der Waals surface area contributed by atoms with Gasteiger partial charge in [-0.15, -0.1) is 0 Å². The number of anilines is 1. The summed E-state index contributed by atoms with van der Waals surface area (Å²) in [5.41, 5.74) is 0.655. The summed E-state index contributed by atoms with van der Waals surface area (Å²) in [4.78, 5) is 11.4. The number of nitrogens with one attached hydrogen (secondary N) is 2. The van der Waals surface area contributed by atoms with Gasteiger partial charge in [0.15, 0.2) is 0 Å². The van der Waals surface area contributed by atoms with Gasteiger partial charge in [0.1, 0.15) is 6.17 Å². The predicted octanol–water partition coefficient (Wildman–Crippen LogP) is 0.841. The minimum absolute atomic E-state index is 0.0202. The molecule has 2 amide bonds. The van der Waals surface area contributed by atoms with E-state index >= 15 is 0 Å². The molecule has 2 heterocycles. The van der Waals surface area contributed by atoms with Crippen molar-refractivity contribution in [3.8, 4) is 0 Å². The Morgan fingerprint density at radius 3 is 3.00 bits per heavy atom. The third-order valence-electron chi connectivity index (χ3n) is 2.19. The smallest absolute Gasteiger partial charge is 0.322 e. The van der Waals surface area contributed by atoms with Gasteiger partial charge in [0.25, 0.3) is 0 Å². The van der Waals surface area contributed by atoms with Gasteiger partial charge >= 0.3 is 6.03 Å². The molecule has 16 heavy (non-hydrogen) atoms. The highest BCUT2D eigenvalue weighted by Gasteiger charge is 2.29. The highest BCUT2D eigenvalue weighted by atomic mass is 19.1. The summed E-state index contributed by atoms with van der Waals surface area (Å²) in [6.07, 6.45) is -1.16. The first-order valence-electron chi connectivity index (χ1n) is 4.88. The van der Waals surface area contributed by atoms with E-state index in [2.05, 4.69) is 15.8 Å². The Bertz CT molecular complexity index is 382. The van der Waals surface area contributed by atoms with Crippen molar-refractivity contribution in [1.29, 1.82) is 0 Å². The second-order valence-electron chi connectivity index (χ2n) is 3.59. The summed E-state index contributed by atoms with van der Waals surface area (Å²) in [7, 11) is 0. The van der Waals surface area contributed by atoms with Gasteiger partial charge in [0.2, 0.25) is 5.88 Å². The number of amides is 2. The summed E-state index contributed by atoms with van der Waals surface area (Å²) in [5.74, 6) is 0.226. The number of aromatic nitrogens is 1. The normalized spacial score (nSPS) is 24.4. The standard InChI is InChI=1S/C9H12FN3O3/c1-5-2-8(16-13-5)12-9(14)11-7-4-15-3-6(7)10/h2,6-7H,3-4H2,1H3,(H2,11,12,14)/t6-,7+/m0/s1. The quantitative estimate of drug-likeness (QED) is 0.787. The van der Waals surface area contributed by atoms with E-state index in [4.69, 9.17) is 9.26 Å². The summed E-state index contributed by atoms with van der Waals surface area (Å²) < 4.78 is 22.7. The molecule has 7 heteroatoms. The van der Waals surface area contributed by atoms with Gasteiger partial charge < -0.3 is 14.6 Å². The van der Waals surface area contributed by atoms with Crippen LogP contribution in [-0.4, -0.2) is 36.6 Å². The van der Waals surface area contributed by atoms with E-state index in [1.807, 2.05) is 0 Å². The summed E-state index contributed by atoms with van der Waals surface area (Å²) in [6.45, 7) is 1.94. The molecule has 0 bridgehead atoms. The number of carbonyl (C=O) groups is 1. The van der Waals surface area contributed by atoms with Gasteiger partial charge in [-0.3, -0.25) is 5.32 Å². The number of halogens is 1. The monoisotopic (exact) mass is 229 g/mol. The van der Waals surface area contributed by atoms with Crippen molar-refractivity contribution in [2.24, 2.45) is 0 Å². The Morgan fingerprint density at radius 2 is 2.44 bits per heavy atom. The minimum atomic E-state index is -1.16. The summed E-state index contributed by atoms with van der Waals surface area (Å²) in [5, 5.41) is 8.46. The fraction of sp³-hybridized carbons (Fsp3) is 0.556. The zero-order valence-electron chi connectivity index (χ0n) is 8.70. The van der Waals surface area contributed by atoms with E-state index in [0.717, 1.165) is 0 Å². The maximum atomic E-state index is 13.1. The number of hydrogen-bond donors (Lipinski definition) is 2. The third-order valence-corrected chi connectivity index (χ3v) is 2.19. The van der Waals surface area contributed by atoms with Gasteiger partial charge in [-0.2, -0.15) is 0 Å². The Kier molecular flexibility index (Phi) is 3.04. The fourth-order valence-electron chi connectivity index (χ4n) is 1.40. The van der Waals surface area contributed by atoms with Crippen LogP contribution in [0.5, 0.6) is 0 Å². The van der Waals surface area contributed by atoms with Gasteiger partial charge in [0.05, 0.1) is 24.9 Å². The fourth-order valence-corrected chi connectivity index (χ4v) is 1.40. The first kappa shape index (κ1) is 10.9. The molecule has 1 aromatic rings. The largest absolute Gasteiger partial charge is 0.376 e. The molecule has 0 aliphatic carbocycles. The molecule has 2 rings (SSSR count). The highest BCUT2D eigenvalue weighted by molar-refractivity contribution is 5.88. The lowest BCUT2D eigenvalue weighted by atomic mass is 10.2. The average molecular weight is 229 g/mol. The molecule has 0 spiro atoms. The molecule has 2 N–H and O–H groups in total. The van der Waals surface area contributed by atoms with Crippen molar-refractivity contribution in [2.75, 3.05) is 18.5 Å². The van der Waals surface area contributed by atoms with E-state index in [1.54, 1.807) is 13.0 Å². The van der Waals surface area contributed by atoms with Crippen LogP contribution in [0.25, 0.3) is 0 Å². The maximum Gasteiger partial charge on any atom is 0.322 e. The van der Waals surface area contributed by atoms with Gasteiger partial charge in [0, 0.05) is 6.07 Å². The van der Waals surface area contributed by atoms with E-state index < -0.39 is 18.2 Å². The van der Waals surface area contributed by atoms with Crippen LogP contribution in [0.15, 0.2) is 10.6 Å². The highest BCUT2D eigenvalue weighted by Crippen LogP contribution is 2.11. The van der Waals surface area contributed by atoms with Crippen LogP contribution in [0.3, 0.4) is 0 Å². The van der Waals surface area contributed by atoms with Crippen LogP contribution < -0.4 is 10.6 Å². The Labute approximate surface area is 91.1 Å². The number of carbonyl (C=O) groups excluding carboxylic acids is 1. The van der Waals surface area contributed by atoms with Crippen molar-refractivity contribution in [2.45, 2.75) is 19.1 Å². The first-order valence-corrected chi connectivity index (χ1v) is 4.88. The topological polar surface area (TPSA) is 76.4 Å². The van der Waals surface area contributed by atoms with Crippen LogP contribution in [0.4, 0.5) is 15.1 Å². The van der Waals surface area contributed by atoms with Crippen molar-refractivity contribution < 1.29 is 18.4 Å². The average Bonchev–Trinajstić information content (AvgIpc) is 2.77. The number of hydrogen-bond acceptors (Lipinski definition) is 4. The van der Waals surface area contributed by atoms with Crippen LogP contribution >= 0.6 is 0 Å². The molecule has 1 fully saturated rings. The molecule has 0 radical (unpaired) electrons. The number of urea groups is 1. The molecule has 0 aromatic carbocycles. The van der Waals surface area contributed by atoms with E-state index in [1.165, 1.54) is 0 Å². The number of rotatable bonds is 2. The molecule has 88 valence electrons. The van der Waals surface area contributed by atoms with Gasteiger partial charge in [-0.25, -0.2) is 9.18 Å². The number of ether oxygens (including phenoxy) is 1. The Hall–Kier alpha value is -1.63. The molecule has 6 nitrogen and oxygen atoms in total. The lowest BCUT2D eigenvalue weighted by Crippen LogP contribution is -2.43. The predicted molar refractivity (Wildman–Crippen MR) is 52.9 cm³/mol. The Morgan fingerprint density at radius 1 is 1.62 bits per heavy atom. The first-order chi connectivity index (χ1) is 7.65. The molecule has 2 atom stereocenters.